The Balaban J connectivity index is 1.80. The molecule has 4 atom stereocenters. The van der Waals surface area contributed by atoms with Crippen molar-refractivity contribution in [1.29, 1.82) is 0 Å². The van der Waals surface area contributed by atoms with E-state index < -0.39 is 55.8 Å². The van der Waals surface area contributed by atoms with Gasteiger partial charge < -0.3 is 28.6 Å². The van der Waals surface area contributed by atoms with Crippen molar-refractivity contribution in [3.05, 3.63) is 43.9 Å². The second kappa shape index (κ2) is 13.9. The van der Waals surface area contributed by atoms with Crippen molar-refractivity contribution in [2.75, 3.05) is 27.3 Å². The van der Waals surface area contributed by atoms with E-state index in [9.17, 15) is 10.2 Å². The van der Waals surface area contributed by atoms with E-state index in [0.29, 0.717) is 24.4 Å². The van der Waals surface area contributed by atoms with E-state index in [1.807, 2.05) is 66.7 Å². The number of fused-ring (bicyclic) bond motifs is 4. The molecule has 1 heterocycles. The van der Waals surface area contributed by atoms with Crippen molar-refractivity contribution in [3.63, 3.8) is 0 Å². The van der Waals surface area contributed by atoms with E-state index >= 15 is 14.0 Å². The van der Waals surface area contributed by atoms with Gasteiger partial charge in [-0.3, -0.25) is 14.5 Å². The van der Waals surface area contributed by atoms with Crippen molar-refractivity contribution < 1.29 is 42.6 Å². The van der Waals surface area contributed by atoms with Gasteiger partial charge >= 0.3 is 0 Å². The van der Waals surface area contributed by atoms with Gasteiger partial charge in [-0.05, 0) is 90.5 Å². The minimum absolute atomic E-state index is 0.00143. The van der Waals surface area contributed by atoms with Gasteiger partial charge in [-0.15, -0.1) is 0 Å². The molecule has 0 saturated heterocycles. The molecule has 1 aromatic heterocycles. The van der Waals surface area contributed by atoms with Crippen molar-refractivity contribution in [3.8, 4) is 11.6 Å². The lowest BCUT2D eigenvalue weighted by Gasteiger charge is -2.55. The first-order chi connectivity index (χ1) is 23.0. The molecule has 1 fully saturated rings. The maximum Gasteiger partial charge on any atom is 0.265 e. The fourth-order valence-corrected chi connectivity index (χ4v) is 9.30. The fraction of sp³-hybridized carbons (Fsp3) is 0.639. The zero-order chi connectivity index (χ0) is 36.2. The number of nitrogens with zero attached hydrogens (tertiary/aromatic N) is 2. The lowest BCUT2D eigenvalue weighted by atomic mass is 9.57. The summed E-state index contributed by atoms with van der Waals surface area (Å²) in [5.41, 5.74) is -1.43. The van der Waals surface area contributed by atoms with Crippen molar-refractivity contribution in [2.45, 2.75) is 110 Å². The van der Waals surface area contributed by atoms with Gasteiger partial charge in [0.15, 0.2) is 19.7 Å². The number of ketones is 2. The molecular weight excluding hydrogens is 715 g/mol. The average molecular weight is 766 g/mol. The molecule has 0 unspecified atom stereocenters. The number of hydrogen-bond acceptors (Lipinski definition) is 10. The summed E-state index contributed by atoms with van der Waals surface area (Å²) in [5.74, 6) is -3.26. The average Bonchev–Trinajstić information content (AvgIpc) is 3.43. The second-order valence-electron chi connectivity index (χ2n) is 15.2. The third-order valence-electron chi connectivity index (χ3n) is 10.8. The first-order valence-corrected chi connectivity index (χ1v) is 21.0. The Morgan fingerprint density at radius 1 is 1.08 bits per heavy atom. The molecule has 1 saturated carbocycles. The van der Waals surface area contributed by atoms with Crippen LogP contribution in [0.3, 0.4) is 0 Å². The molecule has 0 amide bonds. The monoisotopic (exact) mass is 764 g/mol. The van der Waals surface area contributed by atoms with Gasteiger partial charge in [0.2, 0.25) is 11.6 Å². The van der Waals surface area contributed by atoms with Crippen molar-refractivity contribution in [1.82, 2.24) is 10.1 Å². The number of unbranched alkanes of at least 4 members (excludes halogenated alkanes) is 2. The van der Waals surface area contributed by atoms with Crippen LogP contribution in [0.1, 0.15) is 106 Å². The Labute approximate surface area is 297 Å². The maximum atomic E-state index is 15.8. The van der Waals surface area contributed by atoms with E-state index in [-0.39, 0.29) is 68.6 Å². The minimum atomic E-state index is -2.89. The summed E-state index contributed by atoms with van der Waals surface area (Å²) in [4.78, 5) is 32.6. The Morgan fingerprint density at radius 2 is 1.71 bits per heavy atom. The predicted molar refractivity (Wildman–Crippen MR) is 189 cm³/mol. The molecule has 1 aromatic carbocycles. The van der Waals surface area contributed by atoms with Crippen LogP contribution in [-0.2, 0) is 22.2 Å². The molecular formula is C36H50BrFN2O8Si. The van der Waals surface area contributed by atoms with Crippen LogP contribution in [0.4, 0.5) is 4.39 Å². The van der Waals surface area contributed by atoms with Crippen LogP contribution in [0.15, 0.2) is 14.6 Å². The fourth-order valence-electron chi connectivity index (χ4n) is 7.25. The van der Waals surface area contributed by atoms with E-state index in [4.69, 9.17) is 18.4 Å². The first kappa shape index (κ1) is 37.7. The summed E-state index contributed by atoms with van der Waals surface area (Å²) in [6.45, 7) is 14.0. The lowest BCUT2D eigenvalue weighted by molar-refractivity contribution is -0.140. The highest BCUT2D eigenvalue weighted by molar-refractivity contribution is 9.10. The molecule has 2 N–H and O–H groups in total. The molecule has 0 radical (unpaired) electrons. The van der Waals surface area contributed by atoms with Gasteiger partial charge in [-0.25, -0.2) is 4.39 Å². The Bertz CT molecular complexity index is 1660. The Morgan fingerprint density at radius 3 is 2.29 bits per heavy atom. The lowest BCUT2D eigenvalue weighted by Crippen LogP contribution is -2.68. The largest absolute Gasteiger partial charge is 0.507 e. The molecule has 270 valence electrons. The summed E-state index contributed by atoms with van der Waals surface area (Å²) in [7, 11) is 0.816. The topological polar surface area (TPSA) is 132 Å². The molecule has 0 bridgehead atoms. The third-order valence-corrected chi connectivity index (χ3v) is 16.1. The minimum Gasteiger partial charge on any atom is -0.507 e. The van der Waals surface area contributed by atoms with Crippen LogP contribution in [0.25, 0.3) is 5.76 Å². The van der Waals surface area contributed by atoms with Gasteiger partial charge in [0.25, 0.3) is 5.88 Å². The third kappa shape index (κ3) is 6.00. The molecule has 3 aliphatic carbocycles. The molecule has 3 aliphatic rings. The SMILES string of the molecule is CCCCOc1noc2c1C(=O)[C@@]1(O[Si](C)(C)C(C)(C)C)C(=O)C3=C(O)c4c(c(Br)c(F)c(CO)c4OCCCC)C[C@H]3C[C@H]1[C@@H]2N(C)C. The summed E-state index contributed by atoms with van der Waals surface area (Å²) in [6.07, 6.45) is 3.50. The number of rotatable bonds is 12. The van der Waals surface area contributed by atoms with Crippen LogP contribution < -0.4 is 9.47 Å². The number of ether oxygens (including phenoxy) is 2. The van der Waals surface area contributed by atoms with Crippen LogP contribution >= 0.6 is 15.9 Å². The molecule has 49 heavy (non-hydrogen) atoms. The van der Waals surface area contributed by atoms with Crippen LogP contribution in [0, 0.1) is 17.7 Å². The quantitative estimate of drug-likeness (QED) is 0.126. The molecule has 13 heteroatoms. The summed E-state index contributed by atoms with van der Waals surface area (Å²) >= 11 is 3.39. The number of aliphatic hydroxyl groups is 2. The summed E-state index contributed by atoms with van der Waals surface area (Å²) in [5, 5.41) is 26.3. The highest BCUT2D eigenvalue weighted by atomic mass is 79.9. The number of halogens is 2. The van der Waals surface area contributed by atoms with Crippen molar-refractivity contribution >= 4 is 41.6 Å². The predicted octanol–water partition coefficient (Wildman–Crippen LogP) is 7.72. The standard InChI is InChI=1S/C36H50BrFN2O8Si/c1-10-12-14-45-30-21(18-41)27(38)26(37)20-16-19-17-22-28(40(6)7)31-25(34(39-47-31)46-15-13-11-2)33(44)36(22,48-49(8,9)35(3,4)5)32(43)23(19)29(42)24(20)30/h19,22,28,41-42H,10-18H2,1-9H3/t19-,22-,28-,36-/m0/s1. The maximum absolute atomic E-state index is 15.8. The number of aliphatic hydroxyl groups excluding tert-OH is 2. The molecule has 5 rings (SSSR count). The number of carbonyl (C=O) groups excluding carboxylic acids is 2. The zero-order valence-corrected chi connectivity index (χ0v) is 32.7. The first-order valence-electron chi connectivity index (χ1n) is 17.3. The molecule has 0 spiro atoms. The number of carbonyl (C=O) groups is 2. The highest BCUT2D eigenvalue weighted by Gasteiger charge is 2.69. The van der Waals surface area contributed by atoms with Gasteiger partial charge in [-0.2, -0.15) is 0 Å². The number of benzene rings is 1. The van der Waals surface area contributed by atoms with E-state index in [0.717, 1.165) is 19.3 Å². The summed E-state index contributed by atoms with van der Waals surface area (Å²) < 4.78 is 40.9. The van der Waals surface area contributed by atoms with Crippen LogP contribution in [-0.4, -0.2) is 73.1 Å². The molecule has 10 nitrogen and oxygen atoms in total. The van der Waals surface area contributed by atoms with Gasteiger partial charge in [0.05, 0.1) is 41.5 Å². The van der Waals surface area contributed by atoms with E-state index in [1.54, 1.807) is 0 Å². The van der Waals surface area contributed by atoms with Crippen LogP contribution in [0.5, 0.6) is 11.6 Å². The Hall–Kier alpha value is -2.58. The van der Waals surface area contributed by atoms with Gasteiger partial charge in [0.1, 0.15) is 22.9 Å². The van der Waals surface area contributed by atoms with E-state index in [1.165, 1.54) is 0 Å². The van der Waals surface area contributed by atoms with E-state index in [2.05, 4.69) is 21.1 Å². The second-order valence-corrected chi connectivity index (χ2v) is 20.8. The summed E-state index contributed by atoms with van der Waals surface area (Å²) in [6, 6.07) is -0.604. The Kier molecular flexibility index (Phi) is 10.7. The number of hydrogen-bond donors (Lipinski definition) is 2. The van der Waals surface area contributed by atoms with Gasteiger partial charge in [-0.1, -0.05) is 47.5 Å². The number of aromatic nitrogens is 1. The normalized spacial score (nSPS) is 23.7. The van der Waals surface area contributed by atoms with Gasteiger partial charge in [0, 0.05) is 11.5 Å². The van der Waals surface area contributed by atoms with Crippen LogP contribution in [0.2, 0.25) is 18.1 Å². The number of Topliss-reactive ketones (excluding diaryl/α,β-unsaturated/α-hetero) is 2. The molecule has 2 aromatic rings. The smallest absolute Gasteiger partial charge is 0.265 e. The molecule has 0 aliphatic heterocycles. The zero-order valence-electron chi connectivity index (χ0n) is 30.1. The van der Waals surface area contributed by atoms with Crippen molar-refractivity contribution in [2.24, 2.45) is 11.8 Å². The highest BCUT2D eigenvalue weighted by Crippen LogP contribution is 2.59.